The Labute approximate surface area is 95.7 Å². The first kappa shape index (κ1) is 10.3. The van der Waals surface area contributed by atoms with Crippen LogP contribution in [-0.2, 0) is 6.54 Å². The van der Waals surface area contributed by atoms with Crippen molar-refractivity contribution in [3.05, 3.63) is 18.5 Å². The zero-order chi connectivity index (χ0) is 11.0. The van der Waals surface area contributed by atoms with Crippen LogP contribution in [0, 0.1) is 5.92 Å². The Morgan fingerprint density at radius 3 is 2.69 bits per heavy atom. The highest BCUT2D eigenvalue weighted by Crippen LogP contribution is 2.42. The molecule has 88 valence electrons. The maximum absolute atomic E-state index is 9.76. The van der Waals surface area contributed by atoms with Crippen molar-refractivity contribution in [3.63, 3.8) is 0 Å². The lowest BCUT2D eigenvalue weighted by atomic mass is 9.93. The van der Waals surface area contributed by atoms with Gasteiger partial charge in [0.2, 0.25) is 0 Å². The Bertz CT molecular complexity index is 343. The molecule has 2 fully saturated rings. The summed E-state index contributed by atoms with van der Waals surface area (Å²) in [5.41, 5.74) is -0.132. The van der Waals surface area contributed by atoms with Gasteiger partial charge in [-0.2, -0.15) is 5.10 Å². The molecule has 3 rings (SSSR count). The van der Waals surface area contributed by atoms with Crippen molar-refractivity contribution in [3.8, 4) is 0 Å². The van der Waals surface area contributed by atoms with Crippen molar-refractivity contribution >= 4 is 0 Å². The van der Waals surface area contributed by atoms with Crippen molar-refractivity contribution < 1.29 is 5.11 Å². The summed E-state index contributed by atoms with van der Waals surface area (Å²) in [7, 11) is 0. The Morgan fingerprint density at radius 2 is 2.19 bits per heavy atom. The van der Waals surface area contributed by atoms with Crippen LogP contribution >= 0.6 is 0 Å². The molecular formula is C12H19N3O. The minimum Gasteiger partial charge on any atom is -0.394 e. The van der Waals surface area contributed by atoms with Crippen LogP contribution in [0.5, 0.6) is 0 Å². The molecule has 2 N–H and O–H groups in total. The van der Waals surface area contributed by atoms with Crippen LogP contribution in [-0.4, -0.2) is 33.1 Å². The van der Waals surface area contributed by atoms with E-state index in [1.54, 1.807) is 6.20 Å². The van der Waals surface area contributed by atoms with Crippen LogP contribution < -0.4 is 5.32 Å². The second-order valence-electron chi connectivity index (χ2n) is 5.21. The third-order valence-electron chi connectivity index (χ3n) is 3.71. The third kappa shape index (κ3) is 1.99. The number of nitrogens with zero attached hydrogens (tertiary/aromatic N) is 2. The average molecular weight is 221 g/mol. The quantitative estimate of drug-likeness (QED) is 0.746. The molecule has 4 heteroatoms. The minimum atomic E-state index is -0.132. The monoisotopic (exact) mass is 221 g/mol. The van der Waals surface area contributed by atoms with E-state index in [2.05, 4.69) is 10.4 Å². The summed E-state index contributed by atoms with van der Waals surface area (Å²) in [5, 5.41) is 17.7. The van der Waals surface area contributed by atoms with Gasteiger partial charge in [-0.15, -0.1) is 0 Å². The Hall–Kier alpha value is -0.870. The second-order valence-corrected chi connectivity index (χ2v) is 5.21. The average Bonchev–Trinajstić information content (AvgIpc) is 3.19. The van der Waals surface area contributed by atoms with E-state index in [0.29, 0.717) is 12.0 Å². The van der Waals surface area contributed by atoms with E-state index in [4.69, 9.17) is 0 Å². The largest absolute Gasteiger partial charge is 0.394 e. The summed E-state index contributed by atoms with van der Waals surface area (Å²) in [6, 6.07) is 2.56. The normalized spacial score (nSPS) is 24.3. The van der Waals surface area contributed by atoms with Gasteiger partial charge in [-0.05, 0) is 37.7 Å². The molecule has 0 radical (unpaired) electrons. The van der Waals surface area contributed by atoms with Gasteiger partial charge in [0.25, 0.3) is 0 Å². The van der Waals surface area contributed by atoms with Crippen molar-refractivity contribution in [2.45, 2.75) is 43.8 Å². The lowest BCUT2D eigenvalue weighted by Crippen LogP contribution is -2.54. The summed E-state index contributed by atoms with van der Waals surface area (Å²) >= 11 is 0. The molecule has 1 unspecified atom stereocenters. The summed E-state index contributed by atoms with van der Waals surface area (Å²) in [5.74, 6) is 0.627. The third-order valence-corrected chi connectivity index (χ3v) is 3.71. The first-order chi connectivity index (χ1) is 7.82. The molecule has 1 aromatic heterocycles. The Morgan fingerprint density at radius 1 is 1.38 bits per heavy atom. The Balaban J connectivity index is 1.75. The molecule has 0 spiro atoms. The van der Waals surface area contributed by atoms with Crippen LogP contribution in [0.25, 0.3) is 0 Å². The molecular weight excluding hydrogens is 202 g/mol. The van der Waals surface area contributed by atoms with Crippen LogP contribution in [0.1, 0.15) is 25.7 Å². The maximum Gasteiger partial charge on any atom is 0.0643 e. The number of aliphatic hydroxyl groups excluding tert-OH is 1. The number of hydrogen-bond acceptors (Lipinski definition) is 3. The molecule has 0 bridgehead atoms. The van der Waals surface area contributed by atoms with Crippen LogP contribution in [0.2, 0.25) is 0 Å². The Kier molecular flexibility index (Phi) is 2.48. The molecule has 0 aliphatic heterocycles. The van der Waals surface area contributed by atoms with Crippen molar-refractivity contribution in [2.75, 3.05) is 6.61 Å². The molecule has 4 nitrogen and oxygen atoms in total. The lowest BCUT2D eigenvalue weighted by molar-refractivity contribution is 0.116. The number of aromatic nitrogens is 2. The maximum atomic E-state index is 9.76. The summed E-state index contributed by atoms with van der Waals surface area (Å²) < 4.78 is 1.93. The van der Waals surface area contributed by atoms with Gasteiger partial charge < -0.3 is 10.4 Å². The fourth-order valence-electron chi connectivity index (χ4n) is 2.47. The fourth-order valence-corrected chi connectivity index (χ4v) is 2.47. The molecule has 0 saturated heterocycles. The van der Waals surface area contributed by atoms with Gasteiger partial charge in [-0.25, -0.2) is 0 Å². The number of hydrogen-bond donors (Lipinski definition) is 2. The van der Waals surface area contributed by atoms with Gasteiger partial charge >= 0.3 is 0 Å². The van der Waals surface area contributed by atoms with Crippen LogP contribution in [0.15, 0.2) is 18.5 Å². The van der Waals surface area contributed by atoms with E-state index in [1.807, 2.05) is 16.9 Å². The van der Waals surface area contributed by atoms with Gasteiger partial charge in [0.15, 0.2) is 0 Å². The van der Waals surface area contributed by atoms with Crippen molar-refractivity contribution in [2.24, 2.45) is 5.92 Å². The predicted octanol–water partition coefficient (Wildman–Crippen LogP) is 0.776. The second kappa shape index (κ2) is 3.86. The highest BCUT2D eigenvalue weighted by Gasteiger charge is 2.47. The lowest BCUT2D eigenvalue weighted by Gasteiger charge is -2.33. The van der Waals surface area contributed by atoms with Gasteiger partial charge in [0, 0.05) is 18.4 Å². The molecule has 1 atom stereocenters. The van der Waals surface area contributed by atoms with E-state index in [-0.39, 0.29) is 12.1 Å². The van der Waals surface area contributed by atoms with Gasteiger partial charge in [0.1, 0.15) is 0 Å². The van der Waals surface area contributed by atoms with E-state index in [1.165, 1.54) is 25.7 Å². The summed E-state index contributed by atoms with van der Waals surface area (Å²) in [4.78, 5) is 0. The topological polar surface area (TPSA) is 50.1 Å². The highest BCUT2D eigenvalue weighted by atomic mass is 16.3. The number of nitrogens with one attached hydrogen (secondary N) is 1. The molecule has 1 heterocycles. The number of aliphatic hydroxyl groups is 1. The van der Waals surface area contributed by atoms with Gasteiger partial charge in [0.05, 0.1) is 18.7 Å². The highest BCUT2D eigenvalue weighted by molar-refractivity contribution is 5.04. The molecule has 16 heavy (non-hydrogen) atoms. The molecule has 2 aliphatic carbocycles. The molecule has 0 amide bonds. The zero-order valence-corrected chi connectivity index (χ0v) is 9.47. The standard InChI is InChI=1S/C12H19N3O/c16-9-12(10-2-3-10,14-11-4-5-11)8-15-7-1-6-13-15/h1,6-7,10-11,14,16H,2-5,8-9H2. The summed E-state index contributed by atoms with van der Waals surface area (Å²) in [6.45, 7) is 1.01. The molecule has 2 aliphatic rings. The van der Waals surface area contributed by atoms with E-state index < -0.39 is 0 Å². The van der Waals surface area contributed by atoms with E-state index >= 15 is 0 Å². The number of rotatable bonds is 6. The fraction of sp³-hybridized carbons (Fsp3) is 0.750. The van der Waals surface area contributed by atoms with Crippen LogP contribution in [0.4, 0.5) is 0 Å². The SMILES string of the molecule is OCC(Cn1cccn1)(NC1CC1)C1CC1. The molecule has 2 saturated carbocycles. The first-order valence-electron chi connectivity index (χ1n) is 6.18. The van der Waals surface area contributed by atoms with Gasteiger partial charge in [-0.1, -0.05) is 0 Å². The van der Waals surface area contributed by atoms with Crippen LogP contribution in [0.3, 0.4) is 0 Å². The van der Waals surface area contributed by atoms with E-state index in [0.717, 1.165) is 6.54 Å². The van der Waals surface area contributed by atoms with E-state index in [9.17, 15) is 5.11 Å². The predicted molar refractivity (Wildman–Crippen MR) is 60.9 cm³/mol. The summed E-state index contributed by atoms with van der Waals surface area (Å²) in [6.07, 6.45) is 8.76. The van der Waals surface area contributed by atoms with Crippen molar-refractivity contribution in [1.29, 1.82) is 0 Å². The minimum absolute atomic E-state index is 0.132. The molecule has 0 aromatic carbocycles. The van der Waals surface area contributed by atoms with Crippen molar-refractivity contribution in [1.82, 2.24) is 15.1 Å². The molecule has 1 aromatic rings. The smallest absolute Gasteiger partial charge is 0.0643 e. The first-order valence-corrected chi connectivity index (χ1v) is 6.18. The van der Waals surface area contributed by atoms with Gasteiger partial charge in [-0.3, -0.25) is 4.68 Å². The zero-order valence-electron chi connectivity index (χ0n) is 9.47.